The van der Waals surface area contributed by atoms with Crippen molar-refractivity contribution in [2.75, 3.05) is 6.54 Å². The summed E-state index contributed by atoms with van der Waals surface area (Å²) in [6.45, 7) is 2.98. The summed E-state index contributed by atoms with van der Waals surface area (Å²) >= 11 is 0. The monoisotopic (exact) mass is 316 g/mol. The molecule has 0 atom stereocenters. The third-order valence-corrected chi connectivity index (χ3v) is 3.96. The highest BCUT2D eigenvalue weighted by Crippen LogP contribution is 2.18. The van der Waals surface area contributed by atoms with Gasteiger partial charge in [0, 0.05) is 24.2 Å². The number of amides is 1. The standard InChI is InChI=1S/C18H24N2O3/c1-14-12-15-8-5-6-9-16(15)20(14)13-17(21)19-11-7-3-2-4-10-18(22)23/h5-6,8-9,12H,2-4,7,10-11,13H2,1H3,(H,19,21)(H,22,23). The lowest BCUT2D eigenvalue weighted by molar-refractivity contribution is -0.137. The van der Waals surface area contributed by atoms with Gasteiger partial charge in [-0.05, 0) is 37.3 Å². The number of carboxylic acid groups (broad SMARTS) is 1. The SMILES string of the molecule is Cc1cc2ccccc2n1CC(=O)NCCCCCCC(=O)O. The Balaban J connectivity index is 1.72. The van der Waals surface area contributed by atoms with Gasteiger partial charge in [0.15, 0.2) is 0 Å². The normalized spacial score (nSPS) is 10.8. The molecule has 124 valence electrons. The summed E-state index contributed by atoms with van der Waals surface area (Å²) in [4.78, 5) is 22.5. The highest BCUT2D eigenvalue weighted by Gasteiger charge is 2.08. The molecule has 5 nitrogen and oxygen atoms in total. The molecule has 0 spiro atoms. The minimum Gasteiger partial charge on any atom is -0.481 e. The molecular formula is C18H24N2O3. The van der Waals surface area contributed by atoms with Crippen LogP contribution in [0.15, 0.2) is 30.3 Å². The number of aromatic nitrogens is 1. The fourth-order valence-corrected chi connectivity index (χ4v) is 2.74. The van der Waals surface area contributed by atoms with Gasteiger partial charge in [-0.1, -0.05) is 31.0 Å². The highest BCUT2D eigenvalue weighted by atomic mass is 16.4. The van der Waals surface area contributed by atoms with Gasteiger partial charge in [-0.25, -0.2) is 0 Å². The molecule has 2 N–H and O–H groups in total. The summed E-state index contributed by atoms with van der Waals surface area (Å²) in [5.74, 6) is -0.729. The molecule has 1 amide bonds. The number of fused-ring (bicyclic) bond motifs is 1. The molecule has 2 rings (SSSR count). The molecule has 23 heavy (non-hydrogen) atoms. The zero-order valence-corrected chi connectivity index (χ0v) is 13.5. The predicted octanol–water partition coefficient (Wildman–Crippen LogP) is 3.10. The van der Waals surface area contributed by atoms with Crippen LogP contribution in [0.3, 0.4) is 0 Å². The number of rotatable bonds is 9. The van der Waals surface area contributed by atoms with E-state index in [0.29, 0.717) is 19.5 Å². The third kappa shape index (κ3) is 5.13. The number of benzene rings is 1. The van der Waals surface area contributed by atoms with Crippen molar-refractivity contribution in [3.8, 4) is 0 Å². The van der Waals surface area contributed by atoms with E-state index in [9.17, 15) is 9.59 Å². The van der Waals surface area contributed by atoms with Crippen LogP contribution in [0.5, 0.6) is 0 Å². The second kappa shape index (κ2) is 8.36. The number of hydrogen-bond donors (Lipinski definition) is 2. The molecule has 0 saturated heterocycles. The highest BCUT2D eigenvalue weighted by molar-refractivity contribution is 5.84. The van der Waals surface area contributed by atoms with Gasteiger partial charge >= 0.3 is 5.97 Å². The van der Waals surface area contributed by atoms with Gasteiger partial charge in [0.25, 0.3) is 0 Å². The molecule has 0 aliphatic heterocycles. The number of carboxylic acids is 1. The first-order chi connectivity index (χ1) is 11.1. The zero-order chi connectivity index (χ0) is 16.7. The van der Waals surface area contributed by atoms with E-state index in [2.05, 4.69) is 11.4 Å². The Kier molecular flexibility index (Phi) is 6.20. The van der Waals surface area contributed by atoms with Crippen LogP contribution in [0.1, 0.15) is 37.8 Å². The molecule has 1 heterocycles. The maximum Gasteiger partial charge on any atom is 0.303 e. The van der Waals surface area contributed by atoms with E-state index in [1.165, 1.54) is 0 Å². The van der Waals surface area contributed by atoms with Crippen LogP contribution >= 0.6 is 0 Å². The fourth-order valence-electron chi connectivity index (χ4n) is 2.74. The summed E-state index contributed by atoms with van der Waals surface area (Å²) in [7, 11) is 0. The lowest BCUT2D eigenvalue weighted by Crippen LogP contribution is -2.28. The van der Waals surface area contributed by atoms with Crippen molar-refractivity contribution in [2.24, 2.45) is 0 Å². The molecule has 0 saturated carbocycles. The zero-order valence-electron chi connectivity index (χ0n) is 13.5. The molecule has 0 aliphatic rings. The van der Waals surface area contributed by atoms with Crippen molar-refractivity contribution < 1.29 is 14.7 Å². The van der Waals surface area contributed by atoms with Crippen molar-refractivity contribution in [1.29, 1.82) is 0 Å². The van der Waals surface area contributed by atoms with Crippen molar-refractivity contribution in [3.05, 3.63) is 36.0 Å². The number of nitrogens with one attached hydrogen (secondary N) is 1. The van der Waals surface area contributed by atoms with Gasteiger partial charge in [-0.15, -0.1) is 0 Å². The van der Waals surface area contributed by atoms with E-state index >= 15 is 0 Å². The fraction of sp³-hybridized carbons (Fsp3) is 0.444. The van der Waals surface area contributed by atoms with E-state index in [-0.39, 0.29) is 12.3 Å². The second-order valence-electron chi connectivity index (χ2n) is 5.84. The maximum absolute atomic E-state index is 12.1. The maximum atomic E-state index is 12.1. The Morgan fingerprint density at radius 2 is 1.87 bits per heavy atom. The smallest absolute Gasteiger partial charge is 0.303 e. The van der Waals surface area contributed by atoms with Gasteiger partial charge < -0.3 is 15.0 Å². The number of carbonyl (C=O) groups is 2. The third-order valence-electron chi connectivity index (χ3n) is 3.96. The first-order valence-corrected chi connectivity index (χ1v) is 8.11. The molecule has 0 aliphatic carbocycles. The predicted molar refractivity (Wildman–Crippen MR) is 90.4 cm³/mol. The molecule has 5 heteroatoms. The van der Waals surface area contributed by atoms with E-state index in [1.807, 2.05) is 35.8 Å². The van der Waals surface area contributed by atoms with Crippen molar-refractivity contribution in [1.82, 2.24) is 9.88 Å². The van der Waals surface area contributed by atoms with Gasteiger partial charge in [0.05, 0.1) is 0 Å². The molecule has 1 aromatic carbocycles. The van der Waals surface area contributed by atoms with Gasteiger partial charge in [-0.3, -0.25) is 9.59 Å². The number of aliphatic carboxylic acids is 1. The van der Waals surface area contributed by atoms with Crippen LogP contribution in [0.4, 0.5) is 0 Å². The van der Waals surface area contributed by atoms with Crippen LogP contribution in [-0.4, -0.2) is 28.1 Å². The van der Waals surface area contributed by atoms with E-state index in [1.54, 1.807) is 0 Å². The molecule has 0 radical (unpaired) electrons. The number of aryl methyl sites for hydroxylation is 1. The van der Waals surface area contributed by atoms with Crippen molar-refractivity contribution in [2.45, 2.75) is 45.6 Å². The van der Waals surface area contributed by atoms with Crippen LogP contribution in [0, 0.1) is 6.92 Å². The Bertz CT molecular complexity index is 676. The topological polar surface area (TPSA) is 71.3 Å². The first-order valence-electron chi connectivity index (χ1n) is 8.11. The summed E-state index contributed by atoms with van der Waals surface area (Å²) < 4.78 is 2.03. The van der Waals surface area contributed by atoms with Crippen molar-refractivity contribution >= 4 is 22.8 Å². The van der Waals surface area contributed by atoms with Crippen LogP contribution in [0.2, 0.25) is 0 Å². The summed E-state index contributed by atoms with van der Waals surface area (Å²) in [6.07, 6.45) is 3.66. The average molecular weight is 316 g/mol. The molecular weight excluding hydrogens is 292 g/mol. The van der Waals surface area contributed by atoms with Crippen molar-refractivity contribution in [3.63, 3.8) is 0 Å². The Morgan fingerprint density at radius 1 is 1.13 bits per heavy atom. The van der Waals surface area contributed by atoms with Crippen LogP contribution < -0.4 is 5.32 Å². The minimum atomic E-state index is -0.743. The van der Waals surface area contributed by atoms with Gasteiger partial charge in [0.2, 0.25) is 5.91 Å². The number of para-hydroxylation sites is 1. The quantitative estimate of drug-likeness (QED) is 0.698. The number of unbranched alkanes of at least 4 members (excludes halogenated alkanes) is 3. The summed E-state index contributed by atoms with van der Waals surface area (Å²) in [5, 5.41) is 12.6. The largest absolute Gasteiger partial charge is 0.481 e. The first kappa shape index (κ1) is 17.1. The summed E-state index contributed by atoms with van der Waals surface area (Å²) in [5.41, 5.74) is 2.16. The lowest BCUT2D eigenvalue weighted by Gasteiger charge is -2.09. The molecule has 2 aromatic rings. The second-order valence-corrected chi connectivity index (χ2v) is 5.84. The van der Waals surface area contributed by atoms with Gasteiger partial charge in [0.1, 0.15) is 6.54 Å². The molecule has 0 fully saturated rings. The Labute approximate surface area is 136 Å². The van der Waals surface area contributed by atoms with Crippen LogP contribution in [-0.2, 0) is 16.1 Å². The lowest BCUT2D eigenvalue weighted by atomic mass is 10.1. The van der Waals surface area contributed by atoms with E-state index in [4.69, 9.17) is 5.11 Å². The molecule has 0 unspecified atom stereocenters. The van der Waals surface area contributed by atoms with Crippen LogP contribution in [0.25, 0.3) is 10.9 Å². The van der Waals surface area contributed by atoms with Gasteiger partial charge in [-0.2, -0.15) is 0 Å². The number of carbonyl (C=O) groups excluding carboxylic acids is 1. The Morgan fingerprint density at radius 3 is 2.65 bits per heavy atom. The van der Waals surface area contributed by atoms with E-state index < -0.39 is 5.97 Å². The van der Waals surface area contributed by atoms with E-state index in [0.717, 1.165) is 35.9 Å². The average Bonchev–Trinajstić information content (AvgIpc) is 2.82. The summed E-state index contributed by atoms with van der Waals surface area (Å²) in [6, 6.07) is 10.1. The number of nitrogens with zero attached hydrogens (tertiary/aromatic N) is 1. The molecule has 0 bridgehead atoms. The molecule has 1 aromatic heterocycles. The number of hydrogen-bond acceptors (Lipinski definition) is 2. The Hall–Kier alpha value is -2.30. The minimum absolute atomic E-state index is 0.0139.